The molecule has 1 aromatic carbocycles. The highest BCUT2D eigenvalue weighted by Gasteiger charge is 2.11. The van der Waals surface area contributed by atoms with E-state index in [2.05, 4.69) is 25.3 Å². The number of benzene rings is 1. The summed E-state index contributed by atoms with van der Waals surface area (Å²) in [7, 11) is 1.65. The van der Waals surface area contributed by atoms with Gasteiger partial charge < -0.3 is 15.4 Å². The average Bonchev–Trinajstić information content (AvgIpc) is 3.18. The van der Waals surface area contributed by atoms with Crippen molar-refractivity contribution in [2.45, 2.75) is 26.6 Å². The first-order valence-electron chi connectivity index (χ1n) is 7.95. The average molecular weight is 379 g/mol. The Hall–Kier alpha value is -2.68. The van der Waals surface area contributed by atoms with Crippen LogP contribution in [0.1, 0.15) is 16.8 Å². The smallest absolute Gasteiger partial charge is 0.387 e. The number of alkyl halides is 2. The van der Waals surface area contributed by atoms with Gasteiger partial charge in [0, 0.05) is 36.9 Å². The second-order valence-electron chi connectivity index (χ2n) is 5.59. The fourth-order valence-corrected chi connectivity index (χ4v) is 3.21. The molecule has 0 fully saturated rings. The molecule has 0 saturated heterocycles. The van der Waals surface area contributed by atoms with Crippen LogP contribution in [-0.4, -0.2) is 29.0 Å². The molecule has 9 heteroatoms. The molecule has 0 saturated carbocycles. The van der Waals surface area contributed by atoms with Gasteiger partial charge in [0.2, 0.25) is 0 Å². The van der Waals surface area contributed by atoms with Crippen LogP contribution < -0.4 is 15.4 Å². The molecule has 3 rings (SSSR count). The summed E-state index contributed by atoms with van der Waals surface area (Å²) in [6.45, 7) is -0.152. The number of aliphatic imine (C=N–C) groups is 1. The zero-order chi connectivity index (χ0) is 18.5. The van der Waals surface area contributed by atoms with E-state index in [0.29, 0.717) is 24.6 Å². The van der Waals surface area contributed by atoms with Crippen LogP contribution in [0.15, 0.2) is 41.0 Å². The molecular weight excluding hydrogens is 360 g/mol. The number of imidazole rings is 1. The van der Waals surface area contributed by atoms with E-state index in [1.54, 1.807) is 30.5 Å². The Morgan fingerprint density at radius 2 is 2.15 bits per heavy atom. The van der Waals surface area contributed by atoms with Gasteiger partial charge in [-0.05, 0) is 13.0 Å². The maximum atomic E-state index is 12.5. The zero-order valence-corrected chi connectivity index (χ0v) is 15.2. The number of hydrogen-bond acceptors (Lipinski definition) is 4. The van der Waals surface area contributed by atoms with Crippen molar-refractivity contribution in [2.24, 2.45) is 4.99 Å². The van der Waals surface area contributed by atoms with Crippen LogP contribution in [0.2, 0.25) is 0 Å². The predicted octanol–water partition coefficient (Wildman–Crippen LogP) is 3.17. The molecule has 0 unspecified atom stereocenters. The molecule has 0 bridgehead atoms. The number of aromatic nitrogens is 2. The van der Waals surface area contributed by atoms with E-state index >= 15 is 0 Å². The lowest BCUT2D eigenvalue weighted by molar-refractivity contribution is -0.0504. The van der Waals surface area contributed by atoms with E-state index in [1.807, 2.05) is 35.2 Å². The standard InChI is InChI=1S/C17H19F2N5OS/c1-11-3-4-14(25-15(18)19)12(7-11)8-21-16(20-2)22-9-13-10-24-5-6-26-17(24)23-13/h3-7,10,15H,8-9H2,1-2H3,(H2,20,21,22). The second kappa shape index (κ2) is 8.13. The van der Waals surface area contributed by atoms with Crippen molar-refractivity contribution in [3.05, 3.63) is 52.8 Å². The van der Waals surface area contributed by atoms with Crippen molar-refractivity contribution >= 4 is 22.3 Å². The number of rotatable bonds is 6. The molecular formula is C17H19F2N5OS. The molecule has 3 aromatic rings. The SMILES string of the molecule is CN=C(NCc1cn2ccsc2n1)NCc1cc(C)ccc1OC(F)F. The Balaban J connectivity index is 1.60. The Bertz CT molecular complexity index is 877. The Morgan fingerprint density at radius 3 is 2.88 bits per heavy atom. The number of thiazole rings is 1. The number of nitrogens with one attached hydrogen (secondary N) is 2. The van der Waals surface area contributed by atoms with Crippen LogP contribution in [0.3, 0.4) is 0 Å². The van der Waals surface area contributed by atoms with E-state index < -0.39 is 6.61 Å². The first kappa shape index (κ1) is 18.1. The molecule has 0 atom stereocenters. The van der Waals surface area contributed by atoms with E-state index in [9.17, 15) is 8.78 Å². The molecule has 0 aliphatic heterocycles. The number of fused-ring (bicyclic) bond motifs is 1. The maximum Gasteiger partial charge on any atom is 0.387 e. The number of ether oxygens (including phenoxy) is 1. The topological polar surface area (TPSA) is 63.0 Å². The monoisotopic (exact) mass is 379 g/mol. The van der Waals surface area contributed by atoms with Crippen LogP contribution in [0.5, 0.6) is 5.75 Å². The Morgan fingerprint density at radius 1 is 1.35 bits per heavy atom. The Labute approximate surface area is 153 Å². The molecule has 2 N–H and O–H groups in total. The van der Waals surface area contributed by atoms with Crippen molar-refractivity contribution < 1.29 is 13.5 Å². The van der Waals surface area contributed by atoms with Gasteiger partial charge in [0.15, 0.2) is 10.9 Å². The van der Waals surface area contributed by atoms with E-state index in [1.165, 1.54) is 0 Å². The summed E-state index contributed by atoms with van der Waals surface area (Å²) in [6.07, 6.45) is 3.90. The number of aryl methyl sites for hydroxylation is 1. The van der Waals surface area contributed by atoms with Crippen molar-refractivity contribution in [1.29, 1.82) is 0 Å². The van der Waals surface area contributed by atoms with Gasteiger partial charge in [0.1, 0.15) is 5.75 Å². The van der Waals surface area contributed by atoms with Crippen molar-refractivity contribution in [1.82, 2.24) is 20.0 Å². The minimum atomic E-state index is -2.86. The molecule has 26 heavy (non-hydrogen) atoms. The lowest BCUT2D eigenvalue weighted by Gasteiger charge is -2.14. The van der Waals surface area contributed by atoms with Crippen molar-refractivity contribution in [3.8, 4) is 5.75 Å². The minimum Gasteiger partial charge on any atom is -0.434 e. The van der Waals surface area contributed by atoms with Gasteiger partial charge in [-0.3, -0.25) is 9.39 Å². The van der Waals surface area contributed by atoms with Crippen LogP contribution in [0.4, 0.5) is 8.78 Å². The van der Waals surface area contributed by atoms with Crippen LogP contribution in [0.25, 0.3) is 4.96 Å². The van der Waals surface area contributed by atoms with Crippen molar-refractivity contribution in [3.63, 3.8) is 0 Å². The molecule has 2 heterocycles. The number of guanidine groups is 1. The van der Waals surface area contributed by atoms with Crippen LogP contribution >= 0.6 is 11.3 Å². The number of hydrogen-bond donors (Lipinski definition) is 2. The van der Waals surface area contributed by atoms with Crippen LogP contribution in [-0.2, 0) is 13.1 Å². The third kappa shape index (κ3) is 4.48. The van der Waals surface area contributed by atoms with E-state index in [-0.39, 0.29) is 5.75 Å². The first-order chi connectivity index (χ1) is 12.5. The highest BCUT2D eigenvalue weighted by atomic mass is 32.1. The summed E-state index contributed by atoms with van der Waals surface area (Å²) in [4.78, 5) is 9.56. The summed E-state index contributed by atoms with van der Waals surface area (Å²) in [6, 6.07) is 5.09. The molecule has 0 spiro atoms. The van der Waals surface area contributed by atoms with Crippen LogP contribution in [0, 0.1) is 6.92 Å². The summed E-state index contributed by atoms with van der Waals surface area (Å²) in [5.74, 6) is 0.703. The van der Waals surface area contributed by atoms with E-state index in [4.69, 9.17) is 0 Å². The number of halogens is 2. The maximum absolute atomic E-state index is 12.5. The van der Waals surface area contributed by atoms with E-state index in [0.717, 1.165) is 16.2 Å². The molecule has 0 aliphatic carbocycles. The van der Waals surface area contributed by atoms with Gasteiger partial charge in [-0.2, -0.15) is 8.78 Å². The minimum absolute atomic E-state index is 0.155. The molecule has 0 amide bonds. The molecule has 0 radical (unpaired) electrons. The predicted molar refractivity (Wildman–Crippen MR) is 97.9 cm³/mol. The van der Waals surface area contributed by atoms with Crippen molar-refractivity contribution in [2.75, 3.05) is 7.05 Å². The molecule has 0 aliphatic rings. The molecule has 2 aromatic heterocycles. The first-order valence-corrected chi connectivity index (χ1v) is 8.83. The second-order valence-corrected chi connectivity index (χ2v) is 6.47. The highest BCUT2D eigenvalue weighted by Crippen LogP contribution is 2.22. The summed E-state index contributed by atoms with van der Waals surface area (Å²) in [5.41, 5.74) is 2.48. The van der Waals surface area contributed by atoms with Gasteiger partial charge in [-0.1, -0.05) is 17.7 Å². The fourth-order valence-electron chi connectivity index (χ4n) is 2.49. The van der Waals surface area contributed by atoms with Gasteiger partial charge in [0.05, 0.1) is 12.2 Å². The molecule has 6 nitrogen and oxygen atoms in total. The number of nitrogens with zero attached hydrogens (tertiary/aromatic N) is 3. The lowest BCUT2D eigenvalue weighted by atomic mass is 10.1. The highest BCUT2D eigenvalue weighted by molar-refractivity contribution is 7.15. The summed E-state index contributed by atoms with van der Waals surface area (Å²) in [5, 5.41) is 8.24. The Kier molecular flexibility index (Phi) is 5.67. The summed E-state index contributed by atoms with van der Waals surface area (Å²) >= 11 is 1.57. The van der Waals surface area contributed by atoms with Gasteiger partial charge in [0.25, 0.3) is 0 Å². The third-order valence-corrected chi connectivity index (χ3v) is 4.45. The van der Waals surface area contributed by atoms with Gasteiger partial charge >= 0.3 is 6.61 Å². The van der Waals surface area contributed by atoms with Gasteiger partial charge in [-0.15, -0.1) is 11.3 Å². The van der Waals surface area contributed by atoms with Gasteiger partial charge in [-0.25, -0.2) is 4.98 Å². The molecule has 138 valence electrons. The summed E-state index contributed by atoms with van der Waals surface area (Å²) < 4.78 is 31.6. The largest absolute Gasteiger partial charge is 0.434 e. The lowest BCUT2D eigenvalue weighted by Crippen LogP contribution is -2.36. The normalized spacial score (nSPS) is 12.0. The fraction of sp³-hybridized carbons (Fsp3) is 0.294. The quantitative estimate of drug-likeness (QED) is 0.510. The zero-order valence-electron chi connectivity index (χ0n) is 14.4. The third-order valence-electron chi connectivity index (χ3n) is 3.68.